The number of imidazole rings is 1. The molecule has 1 amide bonds. The zero-order valence-electron chi connectivity index (χ0n) is 18.1. The molecule has 0 bridgehead atoms. The van der Waals surface area contributed by atoms with Crippen LogP contribution in [0.3, 0.4) is 0 Å². The van der Waals surface area contributed by atoms with Crippen LogP contribution in [0.4, 0.5) is 4.39 Å². The Balaban J connectivity index is 1.95. The van der Waals surface area contributed by atoms with Crippen LogP contribution in [0.25, 0.3) is 22.8 Å². The molecule has 0 aliphatic carbocycles. The summed E-state index contributed by atoms with van der Waals surface area (Å²) in [4.78, 5) is 25.7. The zero-order valence-corrected chi connectivity index (χ0v) is 18.1. The van der Waals surface area contributed by atoms with Crippen LogP contribution < -0.4 is 11.0 Å². The first-order valence-corrected chi connectivity index (χ1v) is 10.2. The molecule has 33 heavy (non-hydrogen) atoms. The lowest BCUT2D eigenvalue weighted by atomic mass is 10.2. The van der Waals surface area contributed by atoms with Gasteiger partial charge in [-0.1, -0.05) is 12.1 Å². The van der Waals surface area contributed by atoms with Gasteiger partial charge in [0.15, 0.2) is 0 Å². The number of hydrogen-bond acceptors (Lipinski definition) is 4. The highest BCUT2D eigenvalue weighted by molar-refractivity contribution is 5.76. The van der Waals surface area contributed by atoms with Crippen molar-refractivity contribution >= 4 is 5.91 Å². The maximum atomic E-state index is 13.5. The Hall–Kier alpha value is -4.45. The van der Waals surface area contributed by atoms with E-state index in [4.69, 9.17) is 5.26 Å². The van der Waals surface area contributed by atoms with E-state index in [1.807, 2.05) is 0 Å². The minimum Gasteiger partial charge on any atom is -0.358 e. The number of carbonyl (C=O) groups is 1. The van der Waals surface area contributed by atoms with E-state index in [-0.39, 0.29) is 12.5 Å². The third kappa shape index (κ3) is 3.94. The zero-order chi connectivity index (χ0) is 23.5. The molecule has 0 radical (unpaired) electrons. The normalized spacial score (nSPS) is 10.7. The molecule has 0 saturated carbocycles. The number of benzene rings is 2. The number of nitrogens with zero attached hydrogens (tertiary/aromatic N) is 5. The third-order valence-corrected chi connectivity index (χ3v) is 5.40. The standard InChI is InChI=1S/C24H21FN6O2/c1-16-23(21-10-11-28-31(21)19-8-6-17(14-26)7-9-19)29(15-22(32)27-2)24(33)30(16)20-5-3-4-18(12-20)13-25/h3-12H,13,15H2,1-2H3,(H,27,32). The fourth-order valence-corrected chi connectivity index (χ4v) is 3.80. The molecule has 166 valence electrons. The molecule has 1 N–H and O–H groups in total. The number of halogens is 1. The van der Waals surface area contributed by atoms with Crippen molar-refractivity contribution < 1.29 is 9.18 Å². The third-order valence-electron chi connectivity index (χ3n) is 5.40. The largest absolute Gasteiger partial charge is 0.358 e. The number of likely N-dealkylation sites (N-methyl/N-ethyl adjacent to an activating group) is 1. The first kappa shape index (κ1) is 21.8. The van der Waals surface area contributed by atoms with E-state index < -0.39 is 12.4 Å². The number of nitriles is 1. The van der Waals surface area contributed by atoms with E-state index in [1.165, 1.54) is 16.2 Å². The van der Waals surface area contributed by atoms with Gasteiger partial charge in [-0.05, 0) is 55.0 Å². The molecule has 0 saturated heterocycles. The van der Waals surface area contributed by atoms with Crippen LogP contribution in [-0.2, 0) is 18.0 Å². The fourth-order valence-electron chi connectivity index (χ4n) is 3.80. The van der Waals surface area contributed by atoms with Crippen LogP contribution in [0.15, 0.2) is 65.6 Å². The number of hydrogen-bond donors (Lipinski definition) is 1. The SMILES string of the molecule is CNC(=O)Cn1c(-c2ccnn2-c2ccc(C#N)cc2)c(C)n(-c2cccc(CF)c2)c1=O. The van der Waals surface area contributed by atoms with Crippen molar-refractivity contribution in [2.75, 3.05) is 7.05 Å². The minimum atomic E-state index is -0.654. The molecular weight excluding hydrogens is 423 g/mol. The molecule has 0 aliphatic rings. The maximum absolute atomic E-state index is 13.5. The molecule has 4 aromatic rings. The van der Waals surface area contributed by atoms with E-state index in [2.05, 4.69) is 16.5 Å². The van der Waals surface area contributed by atoms with Gasteiger partial charge in [-0.15, -0.1) is 0 Å². The summed E-state index contributed by atoms with van der Waals surface area (Å²) >= 11 is 0. The molecule has 4 rings (SSSR count). The lowest BCUT2D eigenvalue weighted by Crippen LogP contribution is -2.31. The second-order valence-corrected chi connectivity index (χ2v) is 7.40. The monoisotopic (exact) mass is 444 g/mol. The summed E-state index contributed by atoms with van der Waals surface area (Å²) in [6.07, 6.45) is 1.60. The van der Waals surface area contributed by atoms with Crippen molar-refractivity contribution in [3.8, 4) is 28.8 Å². The van der Waals surface area contributed by atoms with Gasteiger partial charge in [0, 0.05) is 7.05 Å². The van der Waals surface area contributed by atoms with Crippen molar-refractivity contribution in [3.05, 3.63) is 88.1 Å². The van der Waals surface area contributed by atoms with Crippen molar-refractivity contribution in [2.24, 2.45) is 0 Å². The summed E-state index contributed by atoms with van der Waals surface area (Å²) in [5.41, 5.74) is 3.43. The average Bonchev–Trinajstić information content (AvgIpc) is 3.41. The molecule has 0 spiro atoms. The predicted octanol–water partition coefficient (Wildman–Crippen LogP) is 2.89. The molecule has 8 nitrogen and oxygen atoms in total. The summed E-state index contributed by atoms with van der Waals surface area (Å²) < 4.78 is 17.8. The Kier molecular flexibility index (Phi) is 5.91. The second-order valence-electron chi connectivity index (χ2n) is 7.40. The predicted molar refractivity (Wildman–Crippen MR) is 121 cm³/mol. The van der Waals surface area contributed by atoms with Gasteiger partial charge in [0.1, 0.15) is 13.2 Å². The van der Waals surface area contributed by atoms with Gasteiger partial charge in [-0.25, -0.2) is 13.9 Å². The van der Waals surface area contributed by atoms with Gasteiger partial charge in [0.25, 0.3) is 0 Å². The van der Waals surface area contributed by atoms with Crippen molar-refractivity contribution in [1.82, 2.24) is 24.2 Å². The molecule has 2 aromatic heterocycles. The van der Waals surface area contributed by atoms with E-state index in [9.17, 15) is 14.0 Å². The van der Waals surface area contributed by atoms with Gasteiger partial charge in [-0.2, -0.15) is 10.4 Å². The second kappa shape index (κ2) is 8.96. The molecule has 0 atom stereocenters. The number of amides is 1. The van der Waals surface area contributed by atoms with Crippen molar-refractivity contribution in [2.45, 2.75) is 20.1 Å². The number of nitrogens with one attached hydrogen (secondary N) is 1. The Labute approximate surface area is 189 Å². The number of carbonyl (C=O) groups excluding carboxylic acids is 1. The smallest absolute Gasteiger partial charge is 0.333 e. The van der Waals surface area contributed by atoms with Crippen LogP contribution >= 0.6 is 0 Å². The summed E-state index contributed by atoms with van der Waals surface area (Å²) in [6.45, 7) is 0.925. The number of alkyl halides is 1. The quantitative estimate of drug-likeness (QED) is 0.494. The van der Waals surface area contributed by atoms with Crippen LogP contribution in [0.5, 0.6) is 0 Å². The Bertz CT molecular complexity index is 1420. The lowest BCUT2D eigenvalue weighted by molar-refractivity contribution is -0.121. The Morgan fingerprint density at radius 1 is 1.15 bits per heavy atom. The van der Waals surface area contributed by atoms with E-state index in [0.29, 0.717) is 39.6 Å². The van der Waals surface area contributed by atoms with Gasteiger partial charge in [0.2, 0.25) is 5.91 Å². The lowest BCUT2D eigenvalue weighted by Gasteiger charge is -2.11. The highest BCUT2D eigenvalue weighted by Gasteiger charge is 2.24. The minimum absolute atomic E-state index is 0.195. The first-order valence-electron chi connectivity index (χ1n) is 10.2. The topological polar surface area (TPSA) is 97.6 Å². The van der Waals surface area contributed by atoms with E-state index in [1.54, 1.807) is 72.4 Å². The molecule has 2 aromatic carbocycles. The van der Waals surface area contributed by atoms with Gasteiger partial charge < -0.3 is 5.32 Å². The highest BCUT2D eigenvalue weighted by Crippen LogP contribution is 2.27. The summed E-state index contributed by atoms with van der Waals surface area (Å²) in [7, 11) is 1.50. The average molecular weight is 444 g/mol. The van der Waals surface area contributed by atoms with Crippen LogP contribution in [-0.4, -0.2) is 31.9 Å². The van der Waals surface area contributed by atoms with E-state index >= 15 is 0 Å². The van der Waals surface area contributed by atoms with Gasteiger partial charge >= 0.3 is 5.69 Å². The van der Waals surface area contributed by atoms with E-state index in [0.717, 1.165) is 0 Å². The number of rotatable bonds is 6. The molecule has 0 aliphatic heterocycles. The first-order chi connectivity index (χ1) is 16.0. The molecule has 0 unspecified atom stereocenters. The van der Waals surface area contributed by atoms with Crippen LogP contribution in [0, 0.1) is 18.3 Å². The molecular formula is C24H21FN6O2. The highest BCUT2D eigenvalue weighted by atomic mass is 19.1. The number of aromatic nitrogens is 4. The fraction of sp³-hybridized carbons (Fsp3) is 0.167. The Morgan fingerprint density at radius 2 is 1.91 bits per heavy atom. The summed E-state index contributed by atoms with van der Waals surface area (Å²) in [5.74, 6) is -0.336. The Morgan fingerprint density at radius 3 is 2.58 bits per heavy atom. The van der Waals surface area contributed by atoms with Crippen LogP contribution in [0.2, 0.25) is 0 Å². The molecule has 9 heteroatoms. The molecule has 0 fully saturated rings. The maximum Gasteiger partial charge on any atom is 0.333 e. The van der Waals surface area contributed by atoms with Crippen LogP contribution in [0.1, 0.15) is 16.8 Å². The summed E-state index contributed by atoms with van der Waals surface area (Å²) in [6, 6.07) is 17.4. The van der Waals surface area contributed by atoms with Gasteiger partial charge in [0.05, 0.1) is 46.3 Å². The summed E-state index contributed by atoms with van der Waals surface area (Å²) in [5, 5.41) is 16.0. The van der Waals surface area contributed by atoms with Crippen molar-refractivity contribution in [3.63, 3.8) is 0 Å². The van der Waals surface area contributed by atoms with Gasteiger partial charge in [-0.3, -0.25) is 13.9 Å². The molecule has 2 heterocycles. The van der Waals surface area contributed by atoms with Crippen molar-refractivity contribution in [1.29, 1.82) is 5.26 Å².